The van der Waals surface area contributed by atoms with Crippen LogP contribution in [0.2, 0.25) is 0 Å². The Bertz CT molecular complexity index is 469. The van der Waals surface area contributed by atoms with E-state index in [-0.39, 0.29) is 18.1 Å². The van der Waals surface area contributed by atoms with Crippen molar-refractivity contribution in [2.45, 2.75) is 33.0 Å². The summed E-state index contributed by atoms with van der Waals surface area (Å²) in [6.07, 6.45) is 0.0357. The molecule has 0 saturated carbocycles. The van der Waals surface area contributed by atoms with Crippen molar-refractivity contribution < 1.29 is 4.79 Å². The molecule has 4 nitrogen and oxygen atoms in total. The molecule has 2 unspecified atom stereocenters. The third-order valence-corrected chi connectivity index (χ3v) is 4.74. The topological polar surface area (TPSA) is 35.6 Å². The lowest BCUT2D eigenvalue weighted by atomic mass is 10.1. The SMILES string of the molecule is Cc1ccc(C2NC(C(C)C)C(=O)N2CCN(C)C)s1. The minimum Gasteiger partial charge on any atom is -0.319 e. The average molecular weight is 295 g/mol. The molecular formula is C15H25N3OS. The van der Waals surface area contributed by atoms with Crippen LogP contribution in [0.4, 0.5) is 0 Å². The summed E-state index contributed by atoms with van der Waals surface area (Å²) < 4.78 is 0. The van der Waals surface area contributed by atoms with Crippen molar-refractivity contribution in [1.29, 1.82) is 0 Å². The number of carbonyl (C=O) groups is 1. The van der Waals surface area contributed by atoms with Gasteiger partial charge < -0.3 is 9.80 Å². The molecule has 112 valence electrons. The highest BCUT2D eigenvalue weighted by Crippen LogP contribution is 2.31. The van der Waals surface area contributed by atoms with Gasteiger partial charge in [-0.2, -0.15) is 0 Å². The Morgan fingerprint density at radius 3 is 2.60 bits per heavy atom. The molecule has 1 saturated heterocycles. The summed E-state index contributed by atoms with van der Waals surface area (Å²) in [4.78, 5) is 19.2. The number of rotatable bonds is 5. The van der Waals surface area contributed by atoms with Crippen LogP contribution in [0.5, 0.6) is 0 Å². The molecule has 2 atom stereocenters. The number of likely N-dealkylation sites (N-methyl/N-ethyl adjacent to an activating group) is 1. The maximum atomic E-state index is 12.6. The molecule has 1 aromatic heterocycles. The molecule has 1 aliphatic heterocycles. The summed E-state index contributed by atoms with van der Waals surface area (Å²) in [6, 6.07) is 4.19. The summed E-state index contributed by atoms with van der Waals surface area (Å²) in [5.41, 5.74) is 0. The third kappa shape index (κ3) is 3.22. The molecule has 20 heavy (non-hydrogen) atoms. The van der Waals surface area contributed by atoms with Gasteiger partial charge >= 0.3 is 0 Å². The Hall–Kier alpha value is -0.910. The summed E-state index contributed by atoms with van der Waals surface area (Å²) >= 11 is 1.77. The summed E-state index contributed by atoms with van der Waals surface area (Å²) in [5, 5.41) is 3.51. The molecule has 0 spiro atoms. The second-order valence-electron chi connectivity index (χ2n) is 6.07. The molecule has 1 N–H and O–H groups in total. The van der Waals surface area contributed by atoms with Gasteiger partial charge in [0.05, 0.1) is 6.04 Å². The van der Waals surface area contributed by atoms with E-state index in [2.05, 4.69) is 43.1 Å². The highest BCUT2D eigenvalue weighted by molar-refractivity contribution is 7.12. The zero-order valence-electron chi connectivity index (χ0n) is 13.0. The van der Waals surface area contributed by atoms with E-state index in [0.717, 1.165) is 13.1 Å². The predicted octanol–water partition coefficient (Wildman–Crippen LogP) is 2.07. The van der Waals surface area contributed by atoms with E-state index < -0.39 is 0 Å². The molecule has 2 heterocycles. The van der Waals surface area contributed by atoms with E-state index in [1.165, 1.54) is 9.75 Å². The first-order chi connectivity index (χ1) is 9.40. The second-order valence-corrected chi connectivity index (χ2v) is 7.39. The van der Waals surface area contributed by atoms with Gasteiger partial charge in [-0.25, -0.2) is 0 Å². The Morgan fingerprint density at radius 2 is 2.10 bits per heavy atom. The van der Waals surface area contributed by atoms with Crippen LogP contribution in [0, 0.1) is 12.8 Å². The minimum atomic E-state index is -0.0652. The Labute approximate surface area is 125 Å². The van der Waals surface area contributed by atoms with E-state index in [1.807, 2.05) is 19.0 Å². The van der Waals surface area contributed by atoms with Gasteiger partial charge in [0.15, 0.2) is 0 Å². The first-order valence-corrected chi connectivity index (χ1v) is 7.99. The minimum absolute atomic E-state index is 0.0357. The fourth-order valence-corrected chi connectivity index (χ4v) is 3.45. The van der Waals surface area contributed by atoms with Crippen LogP contribution >= 0.6 is 11.3 Å². The highest BCUT2D eigenvalue weighted by atomic mass is 32.1. The quantitative estimate of drug-likeness (QED) is 0.903. The number of nitrogens with zero attached hydrogens (tertiary/aromatic N) is 2. The van der Waals surface area contributed by atoms with Gasteiger partial charge in [0.2, 0.25) is 5.91 Å². The van der Waals surface area contributed by atoms with Crippen LogP contribution in [0.1, 0.15) is 29.8 Å². The average Bonchev–Trinajstić information content (AvgIpc) is 2.90. The maximum Gasteiger partial charge on any atom is 0.241 e. The van der Waals surface area contributed by atoms with Crippen LogP contribution in [-0.2, 0) is 4.79 Å². The van der Waals surface area contributed by atoms with Gasteiger partial charge in [0.1, 0.15) is 6.17 Å². The molecule has 1 aliphatic rings. The van der Waals surface area contributed by atoms with Crippen LogP contribution in [0.3, 0.4) is 0 Å². The van der Waals surface area contributed by atoms with Crippen molar-refractivity contribution in [2.75, 3.05) is 27.2 Å². The summed E-state index contributed by atoms with van der Waals surface area (Å²) in [5.74, 6) is 0.549. The van der Waals surface area contributed by atoms with Gasteiger partial charge in [-0.15, -0.1) is 11.3 Å². The normalized spacial score (nSPS) is 23.4. The van der Waals surface area contributed by atoms with Crippen molar-refractivity contribution in [2.24, 2.45) is 5.92 Å². The molecule has 5 heteroatoms. The van der Waals surface area contributed by atoms with Crippen molar-refractivity contribution in [3.8, 4) is 0 Å². The fourth-order valence-electron chi connectivity index (χ4n) is 2.50. The fraction of sp³-hybridized carbons (Fsp3) is 0.667. The molecular weight excluding hydrogens is 270 g/mol. The molecule has 2 rings (SSSR count). The standard InChI is InChI=1S/C15H25N3OS/c1-10(2)13-15(19)18(9-8-17(4)5)14(16-13)12-7-6-11(3)20-12/h6-7,10,13-14,16H,8-9H2,1-5H3. The van der Waals surface area contributed by atoms with Gasteiger partial charge in [-0.05, 0) is 39.1 Å². The molecule has 0 aliphatic carbocycles. The van der Waals surface area contributed by atoms with Crippen LogP contribution in [0.25, 0.3) is 0 Å². The third-order valence-electron chi connectivity index (χ3n) is 3.68. The van der Waals surface area contributed by atoms with Gasteiger partial charge in [-0.1, -0.05) is 13.8 Å². The number of amides is 1. The largest absolute Gasteiger partial charge is 0.319 e. The molecule has 1 aromatic rings. The van der Waals surface area contributed by atoms with Gasteiger partial charge in [0.25, 0.3) is 0 Å². The Morgan fingerprint density at radius 1 is 1.40 bits per heavy atom. The van der Waals surface area contributed by atoms with Crippen molar-refractivity contribution in [3.05, 3.63) is 21.9 Å². The first-order valence-electron chi connectivity index (χ1n) is 7.17. The first kappa shape index (κ1) is 15.5. The number of hydrogen-bond acceptors (Lipinski definition) is 4. The number of hydrogen-bond donors (Lipinski definition) is 1. The lowest BCUT2D eigenvalue weighted by Gasteiger charge is -2.24. The Kier molecular flexibility index (Phi) is 4.83. The van der Waals surface area contributed by atoms with Gasteiger partial charge in [0, 0.05) is 22.8 Å². The zero-order valence-corrected chi connectivity index (χ0v) is 13.8. The van der Waals surface area contributed by atoms with Crippen molar-refractivity contribution in [3.63, 3.8) is 0 Å². The molecule has 1 fully saturated rings. The predicted molar refractivity (Wildman–Crippen MR) is 83.8 cm³/mol. The summed E-state index contributed by atoms with van der Waals surface area (Å²) in [6.45, 7) is 7.96. The Balaban J connectivity index is 2.20. The molecule has 0 bridgehead atoms. The number of thiophene rings is 1. The van der Waals surface area contributed by atoms with Gasteiger partial charge in [-0.3, -0.25) is 10.1 Å². The number of nitrogens with one attached hydrogen (secondary N) is 1. The van der Waals surface area contributed by atoms with E-state index in [9.17, 15) is 4.79 Å². The smallest absolute Gasteiger partial charge is 0.241 e. The zero-order chi connectivity index (χ0) is 14.9. The van der Waals surface area contributed by atoms with E-state index in [4.69, 9.17) is 0 Å². The summed E-state index contributed by atoms with van der Waals surface area (Å²) in [7, 11) is 4.08. The number of aryl methyl sites for hydroxylation is 1. The molecule has 0 radical (unpaired) electrons. The van der Waals surface area contributed by atoms with E-state index in [0.29, 0.717) is 5.92 Å². The lowest BCUT2D eigenvalue weighted by Crippen LogP contribution is -2.37. The van der Waals surface area contributed by atoms with Crippen molar-refractivity contribution in [1.82, 2.24) is 15.1 Å². The lowest BCUT2D eigenvalue weighted by molar-refractivity contribution is -0.130. The number of carbonyl (C=O) groups excluding carboxylic acids is 1. The highest BCUT2D eigenvalue weighted by Gasteiger charge is 2.41. The van der Waals surface area contributed by atoms with Crippen LogP contribution < -0.4 is 5.32 Å². The van der Waals surface area contributed by atoms with Crippen molar-refractivity contribution >= 4 is 17.2 Å². The maximum absolute atomic E-state index is 12.6. The molecule has 0 aromatic carbocycles. The monoisotopic (exact) mass is 295 g/mol. The molecule has 1 amide bonds. The van der Waals surface area contributed by atoms with Crippen LogP contribution in [0.15, 0.2) is 12.1 Å². The second kappa shape index (κ2) is 6.24. The van der Waals surface area contributed by atoms with E-state index in [1.54, 1.807) is 11.3 Å². The van der Waals surface area contributed by atoms with E-state index >= 15 is 0 Å². The van der Waals surface area contributed by atoms with Crippen LogP contribution in [-0.4, -0.2) is 48.9 Å².